The van der Waals surface area contributed by atoms with Crippen LogP contribution in [0.25, 0.3) is 0 Å². The Bertz CT molecular complexity index is 32.6. The summed E-state index contributed by atoms with van der Waals surface area (Å²) in [6.45, 7) is 0. The Hall–Kier alpha value is 2.03. The van der Waals surface area contributed by atoms with E-state index < -0.39 is 6.21 Å². The number of hydrogen-bond donors (Lipinski definition) is 0. The first-order chi connectivity index (χ1) is 1.73. The van der Waals surface area contributed by atoms with Crippen molar-refractivity contribution in [3.8, 4) is 0 Å². The summed E-state index contributed by atoms with van der Waals surface area (Å²) in [6.07, 6.45) is -0.591. The van der Waals surface area contributed by atoms with Crippen LogP contribution >= 0.6 is 0 Å². The van der Waals surface area contributed by atoms with Crippen LogP contribution in [0.15, 0.2) is 0 Å². The van der Waals surface area contributed by atoms with E-state index in [9.17, 15) is 4.21 Å². The fourth-order valence-corrected chi connectivity index (χ4v) is 0. The molecule has 5 heteroatoms. The Morgan fingerprint density at radius 1 is 1.40 bits per heavy atom. The Morgan fingerprint density at radius 3 is 1.40 bits per heavy atom. The molecule has 0 aromatic rings. The standard InChI is InChI=1S/Co.2Mo.OS/c;;;1-2. The van der Waals surface area contributed by atoms with Crippen molar-refractivity contribution in [2.45, 2.75) is 0 Å². The average molecular weight is 299 g/mol. The van der Waals surface area contributed by atoms with Crippen molar-refractivity contribution in [2.24, 2.45) is 0 Å². The maximum Gasteiger partial charge on any atom is 0 e. The van der Waals surface area contributed by atoms with E-state index in [1.165, 1.54) is 0 Å². The molecule has 0 saturated heterocycles. The first-order valence-electron chi connectivity index (χ1n) is 0.500. The van der Waals surface area contributed by atoms with Crippen LogP contribution in [0.5, 0.6) is 0 Å². The zero-order valence-corrected chi connectivity index (χ0v) is 7.84. The Morgan fingerprint density at radius 2 is 1.40 bits per heavy atom. The van der Waals surface area contributed by atoms with Gasteiger partial charge < -0.3 is 0 Å². The largest absolute Gasteiger partial charge is 0 e. The molecule has 0 saturated carbocycles. The van der Waals surface area contributed by atoms with Gasteiger partial charge in [-0.25, -0.2) is 0 Å². The molecule has 0 N–H and O–H groups in total. The zero-order chi connectivity index (χ0) is 3.58. The van der Waals surface area contributed by atoms with Crippen LogP contribution in [0.2, 0.25) is 0 Å². The fraction of sp³-hybridized carbons (Fsp3) is 0. The third-order valence-corrected chi connectivity index (χ3v) is 0. The molecule has 0 fully saturated rings. The molecule has 33 valence electrons. The van der Waals surface area contributed by atoms with E-state index in [1.807, 2.05) is 0 Å². The Labute approximate surface area is 63.5 Å². The van der Waals surface area contributed by atoms with Crippen LogP contribution in [-0.4, -0.2) is 4.21 Å². The van der Waals surface area contributed by atoms with Gasteiger partial charge in [-0.1, -0.05) is 0 Å². The van der Waals surface area contributed by atoms with Gasteiger partial charge in [0, 0.05) is 16.8 Å². The molecule has 0 amide bonds. The fourth-order valence-electron chi connectivity index (χ4n) is 0. The first kappa shape index (κ1) is 10.1. The van der Waals surface area contributed by atoms with Crippen molar-refractivity contribution in [3.05, 3.63) is 0 Å². The van der Waals surface area contributed by atoms with Crippen LogP contribution in [-0.2, 0) is 60.1 Å². The van der Waals surface area contributed by atoms with Gasteiger partial charge in [0.05, 0.1) is 0 Å². The van der Waals surface area contributed by atoms with Gasteiger partial charge in [0.1, 0.15) is 0 Å². The summed E-state index contributed by atoms with van der Waals surface area (Å²) in [5.74, 6) is 0. The summed E-state index contributed by atoms with van der Waals surface area (Å²) in [5, 5.41) is 0. The maximum atomic E-state index is 9.56. The summed E-state index contributed by atoms with van der Waals surface area (Å²) in [6, 6.07) is 0. The topological polar surface area (TPSA) is 17.1 Å². The molecule has 0 bridgehead atoms. The second-order valence-corrected chi connectivity index (χ2v) is 9.56. The summed E-state index contributed by atoms with van der Waals surface area (Å²) >= 11 is 3.17. The van der Waals surface area contributed by atoms with Crippen LogP contribution < -0.4 is 0 Å². The molecule has 1 radical (unpaired) electrons. The predicted octanol–water partition coefficient (Wildman–Crippen LogP) is -0.344. The third-order valence-electron chi connectivity index (χ3n) is 0. The van der Waals surface area contributed by atoms with E-state index in [1.54, 1.807) is 37.1 Å². The van der Waals surface area contributed by atoms with E-state index in [0.717, 1.165) is 0 Å². The Kier molecular flexibility index (Phi) is 12.2. The van der Waals surface area contributed by atoms with Gasteiger partial charge in [-0.15, -0.1) is 0 Å². The van der Waals surface area contributed by atoms with E-state index in [-0.39, 0.29) is 16.8 Å². The van der Waals surface area contributed by atoms with Crippen LogP contribution in [0.1, 0.15) is 0 Å². The molecule has 0 aromatic carbocycles. The van der Waals surface area contributed by atoms with Crippen molar-refractivity contribution in [1.29, 1.82) is 0 Å². The second kappa shape index (κ2) is 6.03. The van der Waals surface area contributed by atoms with Crippen LogP contribution in [0.3, 0.4) is 0 Å². The van der Waals surface area contributed by atoms with Gasteiger partial charge in [-0.3, -0.25) is 0 Å². The first-order valence-corrected chi connectivity index (χ1v) is 6.42. The summed E-state index contributed by atoms with van der Waals surface area (Å²) in [7, 11) is 0. The smallest absolute Gasteiger partial charge is 0 e. The molecular formula is CoMo2OS. The molecule has 0 aliphatic heterocycles. The average Bonchev–Trinajstić information content (AvgIpc) is 0.811. The molecule has 0 unspecified atom stereocenters. The van der Waals surface area contributed by atoms with E-state index >= 15 is 0 Å². The molecule has 0 aromatic heterocycles. The zero-order valence-electron chi connectivity index (χ0n) is 1.97. The van der Waals surface area contributed by atoms with Gasteiger partial charge in [0.25, 0.3) is 0 Å². The second-order valence-electron chi connectivity index (χ2n) is 0.204. The van der Waals surface area contributed by atoms with Crippen LogP contribution in [0.4, 0.5) is 0 Å². The molecular weight excluding hydrogens is 299 g/mol. The normalized spacial score (nSPS) is 6.60. The maximum absolute atomic E-state index is 9.56. The molecule has 0 aliphatic rings. The quantitative estimate of drug-likeness (QED) is 0.559. The minimum atomic E-state index is -0.591. The van der Waals surface area contributed by atoms with Gasteiger partial charge in [0.15, 0.2) is 0 Å². The predicted molar refractivity (Wildman–Crippen MR) is 8.14 cm³/mol. The molecule has 1 nitrogen and oxygen atoms in total. The van der Waals surface area contributed by atoms with E-state index in [2.05, 4.69) is 0 Å². The van der Waals surface area contributed by atoms with E-state index in [4.69, 9.17) is 0 Å². The third kappa shape index (κ3) is 23.7. The van der Waals surface area contributed by atoms with Crippen LogP contribution in [0, 0.1) is 0 Å². The summed E-state index contributed by atoms with van der Waals surface area (Å²) in [4.78, 5) is 0. The van der Waals surface area contributed by atoms with Crippen molar-refractivity contribution in [2.75, 3.05) is 0 Å². The number of hydrogen-bond acceptors (Lipinski definition) is 1. The Balaban J connectivity index is 0. The molecule has 0 heterocycles. The van der Waals surface area contributed by atoms with Crippen molar-refractivity contribution in [1.82, 2.24) is 0 Å². The van der Waals surface area contributed by atoms with Crippen molar-refractivity contribution < 1.29 is 58.1 Å². The van der Waals surface area contributed by atoms with Gasteiger partial charge >= 0.3 is 47.5 Å². The number of rotatable bonds is 0. The molecule has 0 aliphatic carbocycles. The van der Waals surface area contributed by atoms with Gasteiger partial charge in [-0.05, 0) is 0 Å². The summed E-state index contributed by atoms with van der Waals surface area (Å²) < 4.78 is 9.56. The SMILES string of the molecule is O=[S]([Mo])[Mo].[Co]. The molecule has 0 spiro atoms. The van der Waals surface area contributed by atoms with Gasteiger partial charge in [0.2, 0.25) is 0 Å². The minimum absolute atomic E-state index is 0. The van der Waals surface area contributed by atoms with Crippen molar-refractivity contribution in [3.63, 3.8) is 0 Å². The van der Waals surface area contributed by atoms with Gasteiger partial charge in [-0.2, -0.15) is 0 Å². The van der Waals surface area contributed by atoms with E-state index in [0.29, 0.717) is 0 Å². The molecule has 0 rings (SSSR count). The molecule has 0 atom stereocenters. The minimum Gasteiger partial charge on any atom is 0 e. The molecule has 5 heavy (non-hydrogen) atoms. The monoisotopic (exact) mass is 303 g/mol. The van der Waals surface area contributed by atoms with Crippen molar-refractivity contribution >= 4 is 6.21 Å². The summed E-state index contributed by atoms with van der Waals surface area (Å²) in [5.41, 5.74) is 0.